The third kappa shape index (κ3) is 7.53. The van der Waals surface area contributed by atoms with E-state index in [0.29, 0.717) is 35.3 Å². The fraction of sp³-hybridized carbons (Fsp3) is 0.250. The first-order valence-electron chi connectivity index (χ1n) is 12.3. The number of benzene rings is 3. The molecule has 200 valence electrons. The van der Waals surface area contributed by atoms with Crippen molar-refractivity contribution in [1.82, 2.24) is 25.1 Å². The summed E-state index contributed by atoms with van der Waals surface area (Å²) in [5.41, 5.74) is 0.634. The molecule has 0 aliphatic heterocycles. The van der Waals surface area contributed by atoms with E-state index in [1.165, 1.54) is 0 Å². The maximum Gasteiger partial charge on any atom is 0.238 e. The highest BCUT2D eigenvalue weighted by molar-refractivity contribution is 5.92. The second-order valence-corrected chi connectivity index (χ2v) is 8.55. The predicted molar refractivity (Wildman–Crippen MR) is 143 cm³/mol. The van der Waals surface area contributed by atoms with Crippen molar-refractivity contribution in [3.05, 3.63) is 84.7 Å². The molecular weight excluding hydrogens is 498 g/mol. The lowest BCUT2D eigenvalue weighted by Gasteiger charge is -2.27. The number of likely N-dealkylation sites (N-methyl/N-ethyl adjacent to an activating group) is 1. The summed E-state index contributed by atoms with van der Waals surface area (Å²) in [6, 6.07) is 25.5. The van der Waals surface area contributed by atoms with E-state index in [2.05, 4.69) is 26.9 Å². The number of methoxy groups -OCH3 is 1. The highest BCUT2D eigenvalue weighted by Crippen LogP contribution is 2.28. The van der Waals surface area contributed by atoms with Crippen molar-refractivity contribution in [2.24, 2.45) is 0 Å². The number of carbonyl (C=O) groups is 1. The van der Waals surface area contributed by atoms with Crippen molar-refractivity contribution in [1.29, 1.82) is 5.26 Å². The highest BCUT2D eigenvalue weighted by atomic mass is 16.5. The number of para-hydroxylation sites is 3. The summed E-state index contributed by atoms with van der Waals surface area (Å²) in [7, 11) is 3.36. The average molecular weight is 528 g/mol. The van der Waals surface area contributed by atoms with Crippen LogP contribution in [0.5, 0.6) is 23.0 Å². The first-order valence-corrected chi connectivity index (χ1v) is 12.3. The molecule has 3 aromatic carbocycles. The molecule has 0 saturated heterocycles. The number of tetrazole rings is 1. The maximum atomic E-state index is 13.0. The Labute approximate surface area is 226 Å². The van der Waals surface area contributed by atoms with E-state index in [4.69, 9.17) is 19.5 Å². The van der Waals surface area contributed by atoms with Crippen molar-refractivity contribution in [2.75, 3.05) is 32.6 Å². The Bertz CT molecular complexity index is 1390. The molecule has 39 heavy (non-hydrogen) atoms. The first kappa shape index (κ1) is 27.1. The van der Waals surface area contributed by atoms with Crippen molar-refractivity contribution < 1.29 is 19.0 Å². The van der Waals surface area contributed by atoms with E-state index in [9.17, 15) is 4.79 Å². The molecule has 11 nitrogen and oxygen atoms in total. The van der Waals surface area contributed by atoms with Crippen molar-refractivity contribution in [2.45, 2.75) is 19.0 Å². The molecule has 0 spiro atoms. The van der Waals surface area contributed by atoms with Crippen molar-refractivity contribution in [3.8, 4) is 29.1 Å². The molecular formula is C28H29N7O4. The van der Waals surface area contributed by atoms with Gasteiger partial charge in [0.25, 0.3) is 0 Å². The number of aromatic nitrogens is 4. The minimum absolute atomic E-state index is 0.0350. The molecule has 0 aliphatic rings. The van der Waals surface area contributed by atoms with Gasteiger partial charge in [0.05, 0.1) is 32.7 Å². The summed E-state index contributed by atoms with van der Waals surface area (Å²) in [6.45, 7) is 0.497. The quantitative estimate of drug-likeness (QED) is 0.274. The third-order valence-corrected chi connectivity index (χ3v) is 5.80. The molecule has 1 amide bonds. The SMILES string of the molecule is COc1ccccc1OCC(c1nnnn1CCC#N)N(C)CC(=O)Nc1ccc(Oc2ccccc2)cc1. The van der Waals surface area contributed by atoms with Gasteiger partial charge >= 0.3 is 0 Å². The lowest BCUT2D eigenvalue weighted by atomic mass is 10.2. The normalized spacial score (nSPS) is 11.4. The largest absolute Gasteiger partial charge is 0.493 e. The Hall–Kier alpha value is -4.95. The molecule has 1 unspecified atom stereocenters. The average Bonchev–Trinajstić information content (AvgIpc) is 3.42. The monoisotopic (exact) mass is 527 g/mol. The van der Waals surface area contributed by atoms with E-state index in [0.717, 1.165) is 5.75 Å². The van der Waals surface area contributed by atoms with Crippen LogP contribution in [-0.4, -0.2) is 58.3 Å². The van der Waals surface area contributed by atoms with Gasteiger partial charge in [0.1, 0.15) is 24.1 Å². The van der Waals surface area contributed by atoms with Crippen LogP contribution in [0.4, 0.5) is 5.69 Å². The van der Waals surface area contributed by atoms with E-state index >= 15 is 0 Å². The van der Waals surface area contributed by atoms with Crippen LogP contribution < -0.4 is 19.5 Å². The molecule has 0 fully saturated rings. The van der Waals surface area contributed by atoms with Gasteiger partial charge in [-0.25, -0.2) is 4.68 Å². The van der Waals surface area contributed by atoms with E-state index in [-0.39, 0.29) is 25.5 Å². The van der Waals surface area contributed by atoms with Gasteiger partial charge in [-0.1, -0.05) is 30.3 Å². The zero-order valence-electron chi connectivity index (χ0n) is 21.7. The number of hydrogen-bond donors (Lipinski definition) is 1. The van der Waals surface area contributed by atoms with Crippen LogP contribution >= 0.6 is 0 Å². The maximum absolute atomic E-state index is 13.0. The number of nitriles is 1. The van der Waals surface area contributed by atoms with Gasteiger partial charge in [-0.05, 0) is 66.0 Å². The molecule has 1 aromatic heterocycles. The fourth-order valence-corrected chi connectivity index (χ4v) is 3.84. The van der Waals surface area contributed by atoms with Crippen molar-refractivity contribution >= 4 is 11.6 Å². The number of carbonyl (C=O) groups excluding carboxylic acids is 1. The molecule has 0 saturated carbocycles. The summed E-state index contributed by atoms with van der Waals surface area (Å²) >= 11 is 0. The third-order valence-electron chi connectivity index (χ3n) is 5.80. The van der Waals surface area contributed by atoms with Gasteiger partial charge in [-0.3, -0.25) is 9.69 Å². The van der Waals surface area contributed by atoms with Crippen LogP contribution in [0.2, 0.25) is 0 Å². The van der Waals surface area contributed by atoms with Gasteiger partial charge in [0.2, 0.25) is 5.91 Å². The molecule has 11 heteroatoms. The molecule has 0 aliphatic carbocycles. The van der Waals surface area contributed by atoms with Gasteiger partial charge in [-0.2, -0.15) is 5.26 Å². The summed E-state index contributed by atoms with van der Waals surface area (Å²) in [6.07, 6.45) is 0.242. The fourth-order valence-electron chi connectivity index (χ4n) is 3.84. The van der Waals surface area contributed by atoms with Crippen LogP contribution in [0.1, 0.15) is 18.3 Å². The zero-order chi connectivity index (χ0) is 27.5. The number of hydrogen-bond acceptors (Lipinski definition) is 9. The lowest BCUT2D eigenvalue weighted by molar-refractivity contribution is -0.117. The number of anilines is 1. The second kappa shape index (κ2) is 13.6. The number of ether oxygens (including phenoxy) is 3. The highest BCUT2D eigenvalue weighted by Gasteiger charge is 2.26. The van der Waals surface area contributed by atoms with E-state index in [1.54, 1.807) is 60.1 Å². The zero-order valence-corrected chi connectivity index (χ0v) is 21.7. The molecule has 1 atom stereocenters. The molecule has 0 radical (unpaired) electrons. The van der Waals surface area contributed by atoms with Gasteiger partial charge in [0.15, 0.2) is 17.3 Å². The van der Waals surface area contributed by atoms with Crippen LogP contribution in [0.25, 0.3) is 0 Å². The van der Waals surface area contributed by atoms with Gasteiger partial charge in [-0.15, -0.1) is 5.10 Å². The Morgan fingerprint density at radius 1 is 1.03 bits per heavy atom. The first-order chi connectivity index (χ1) is 19.1. The topological polar surface area (TPSA) is 127 Å². The summed E-state index contributed by atoms with van der Waals surface area (Å²) in [5.74, 6) is 2.78. The number of rotatable bonds is 13. The van der Waals surface area contributed by atoms with E-state index < -0.39 is 6.04 Å². The van der Waals surface area contributed by atoms with Crippen LogP contribution in [0.3, 0.4) is 0 Å². The minimum atomic E-state index is -0.490. The van der Waals surface area contributed by atoms with Gasteiger partial charge in [0, 0.05) is 5.69 Å². The van der Waals surface area contributed by atoms with Crippen LogP contribution in [-0.2, 0) is 11.3 Å². The van der Waals surface area contributed by atoms with Crippen molar-refractivity contribution in [3.63, 3.8) is 0 Å². The van der Waals surface area contributed by atoms with Gasteiger partial charge < -0.3 is 19.5 Å². The second-order valence-electron chi connectivity index (χ2n) is 8.55. The minimum Gasteiger partial charge on any atom is -0.493 e. The Kier molecular flexibility index (Phi) is 9.42. The van der Waals surface area contributed by atoms with Crippen LogP contribution in [0.15, 0.2) is 78.9 Å². The molecule has 1 N–H and O–H groups in total. The lowest BCUT2D eigenvalue weighted by Crippen LogP contribution is -2.37. The molecule has 4 aromatic rings. The predicted octanol–water partition coefficient (Wildman–Crippen LogP) is 4.08. The Balaban J connectivity index is 1.43. The molecule has 0 bridgehead atoms. The molecule has 4 rings (SSSR count). The van der Waals surface area contributed by atoms with Crippen LogP contribution in [0, 0.1) is 11.3 Å². The number of amides is 1. The smallest absolute Gasteiger partial charge is 0.238 e. The Morgan fingerprint density at radius 3 is 2.44 bits per heavy atom. The summed E-state index contributed by atoms with van der Waals surface area (Å²) in [4.78, 5) is 14.8. The standard InChI is InChI=1S/C28H29N7O4/c1-34(19-27(36)30-21-13-15-23(16-14-21)39-22-9-4-3-5-10-22)24(28-31-32-33-35(28)18-8-17-29)20-38-26-12-7-6-11-25(26)37-2/h3-7,9-16,24H,8,18-20H2,1-2H3,(H,30,36). The number of nitrogens with one attached hydrogen (secondary N) is 1. The number of aryl methyl sites for hydroxylation is 1. The summed E-state index contributed by atoms with van der Waals surface area (Å²) < 4.78 is 18.8. The van der Waals surface area contributed by atoms with E-state index in [1.807, 2.05) is 42.5 Å². The molecule has 1 heterocycles. The Morgan fingerprint density at radius 2 is 1.72 bits per heavy atom. The summed E-state index contributed by atoms with van der Waals surface area (Å²) in [5, 5.41) is 23.9. The number of nitrogens with zero attached hydrogens (tertiary/aromatic N) is 6.